The van der Waals surface area contributed by atoms with Crippen LogP contribution in [0.15, 0.2) is 18.2 Å². The molecule has 2 unspecified atom stereocenters. The van der Waals surface area contributed by atoms with Gasteiger partial charge in [0, 0.05) is 42.1 Å². The highest BCUT2D eigenvalue weighted by atomic mass is 32.2. The Kier molecular flexibility index (Phi) is 5.22. The second-order valence-electron chi connectivity index (χ2n) is 5.65. The van der Waals surface area contributed by atoms with E-state index in [0.29, 0.717) is 28.0 Å². The van der Waals surface area contributed by atoms with Crippen molar-refractivity contribution in [2.24, 2.45) is 0 Å². The van der Waals surface area contributed by atoms with Crippen molar-refractivity contribution in [3.05, 3.63) is 35.1 Å². The number of carbonyl (C=O) groups is 1. The molecule has 1 aliphatic rings. The topological polar surface area (TPSA) is 20.3 Å². The van der Waals surface area contributed by atoms with Crippen molar-refractivity contribution in [2.45, 2.75) is 37.7 Å². The van der Waals surface area contributed by atoms with E-state index in [1.807, 2.05) is 11.8 Å². The minimum Gasteiger partial charge on any atom is -0.301 e. The van der Waals surface area contributed by atoms with E-state index >= 15 is 0 Å². The fraction of sp³-hybridized carbons (Fsp3) is 0.562. The summed E-state index contributed by atoms with van der Waals surface area (Å²) in [4.78, 5) is 14.5. The van der Waals surface area contributed by atoms with Gasteiger partial charge < -0.3 is 4.90 Å². The molecule has 1 aliphatic heterocycles. The van der Waals surface area contributed by atoms with Gasteiger partial charge >= 0.3 is 0 Å². The summed E-state index contributed by atoms with van der Waals surface area (Å²) >= 11 is 2.00. The van der Waals surface area contributed by atoms with E-state index in [4.69, 9.17) is 0 Å². The number of halogens is 1. The Balaban J connectivity index is 1.90. The lowest BCUT2D eigenvalue weighted by Crippen LogP contribution is -2.41. The smallest absolute Gasteiger partial charge is 0.164 e. The normalized spacial score (nSPS) is 23.8. The molecular weight excluding hydrogens is 273 g/mol. The molecule has 2 atom stereocenters. The fourth-order valence-corrected chi connectivity index (χ4v) is 4.02. The lowest BCUT2D eigenvalue weighted by molar-refractivity contribution is 0.0963. The Morgan fingerprint density at radius 3 is 2.60 bits per heavy atom. The molecule has 0 amide bonds. The van der Waals surface area contributed by atoms with Gasteiger partial charge in [0.15, 0.2) is 5.78 Å². The second kappa shape index (κ2) is 6.72. The van der Waals surface area contributed by atoms with Crippen molar-refractivity contribution in [1.82, 2.24) is 4.90 Å². The van der Waals surface area contributed by atoms with Gasteiger partial charge in [-0.1, -0.05) is 26.0 Å². The summed E-state index contributed by atoms with van der Waals surface area (Å²) in [5, 5.41) is 1.23. The molecule has 0 bridgehead atoms. The van der Waals surface area contributed by atoms with Gasteiger partial charge in [0.05, 0.1) is 0 Å². The molecule has 0 radical (unpaired) electrons. The van der Waals surface area contributed by atoms with Crippen LogP contribution in [0.25, 0.3) is 0 Å². The van der Waals surface area contributed by atoms with Crippen LogP contribution in [0.4, 0.5) is 4.39 Å². The number of rotatable bonds is 4. The monoisotopic (exact) mass is 295 g/mol. The predicted octanol–water partition coefficient (Wildman–Crippen LogP) is 3.53. The van der Waals surface area contributed by atoms with E-state index in [2.05, 4.69) is 18.7 Å². The van der Waals surface area contributed by atoms with E-state index in [9.17, 15) is 9.18 Å². The molecule has 110 valence electrons. The summed E-state index contributed by atoms with van der Waals surface area (Å²) in [5.74, 6) is -0.269. The molecule has 0 aliphatic carbocycles. The molecule has 1 heterocycles. The Labute approximate surface area is 124 Å². The first kappa shape index (κ1) is 15.5. The number of Topliss-reactive ketones (excluding diaryl/α,β-unsaturated/α-hetero) is 1. The highest BCUT2D eigenvalue weighted by molar-refractivity contribution is 8.00. The highest BCUT2D eigenvalue weighted by Crippen LogP contribution is 2.24. The number of aryl methyl sites for hydroxylation is 1. The molecular formula is C16H22FNOS. The number of thioether (sulfide) groups is 1. The molecule has 0 saturated carbocycles. The molecule has 2 nitrogen and oxygen atoms in total. The van der Waals surface area contributed by atoms with Crippen molar-refractivity contribution < 1.29 is 9.18 Å². The summed E-state index contributed by atoms with van der Waals surface area (Å²) in [7, 11) is 0. The molecule has 1 saturated heterocycles. The molecule has 1 fully saturated rings. The summed E-state index contributed by atoms with van der Waals surface area (Å²) < 4.78 is 13.5. The Morgan fingerprint density at radius 1 is 1.35 bits per heavy atom. The fourth-order valence-electron chi connectivity index (χ4n) is 2.64. The minimum atomic E-state index is -0.299. The van der Waals surface area contributed by atoms with E-state index in [-0.39, 0.29) is 11.6 Å². The van der Waals surface area contributed by atoms with E-state index < -0.39 is 0 Å². The van der Waals surface area contributed by atoms with Gasteiger partial charge in [-0.25, -0.2) is 4.39 Å². The van der Waals surface area contributed by atoms with Crippen LogP contribution in [0.2, 0.25) is 0 Å². The van der Waals surface area contributed by atoms with Gasteiger partial charge in [0.2, 0.25) is 0 Å². The standard InChI is InChI=1S/C16H22FNOS/c1-11-4-5-14(8-15(11)17)16(19)6-7-18-9-12(2)20-13(3)10-18/h4-5,8,12-13H,6-7,9-10H2,1-3H3. The first-order valence-corrected chi connectivity index (χ1v) is 8.07. The number of ketones is 1. The maximum absolute atomic E-state index is 13.5. The number of hydrogen-bond donors (Lipinski definition) is 0. The van der Waals surface area contributed by atoms with E-state index in [0.717, 1.165) is 19.6 Å². The van der Waals surface area contributed by atoms with E-state index in [1.165, 1.54) is 6.07 Å². The highest BCUT2D eigenvalue weighted by Gasteiger charge is 2.22. The Hall–Kier alpha value is -0.870. The van der Waals surface area contributed by atoms with Crippen LogP contribution in [0.3, 0.4) is 0 Å². The number of carbonyl (C=O) groups excluding carboxylic acids is 1. The lowest BCUT2D eigenvalue weighted by Gasteiger charge is -2.34. The molecule has 0 N–H and O–H groups in total. The summed E-state index contributed by atoms with van der Waals surface area (Å²) in [6.45, 7) is 8.99. The molecule has 0 aromatic heterocycles. The SMILES string of the molecule is Cc1ccc(C(=O)CCN2CC(C)SC(C)C2)cc1F. The summed E-state index contributed by atoms with van der Waals surface area (Å²) in [5.41, 5.74) is 1.07. The van der Waals surface area contributed by atoms with Crippen LogP contribution in [0.1, 0.15) is 36.2 Å². The first-order valence-electron chi connectivity index (χ1n) is 7.13. The third kappa shape index (κ3) is 4.06. The van der Waals surface area contributed by atoms with Crippen LogP contribution in [0, 0.1) is 12.7 Å². The second-order valence-corrected chi connectivity index (χ2v) is 7.54. The maximum Gasteiger partial charge on any atom is 0.164 e. The average molecular weight is 295 g/mol. The first-order chi connectivity index (χ1) is 9.45. The van der Waals surface area contributed by atoms with Crippen LogP contribution >= 0.6 is 11.8 Å². The van der Waals surface area contributed by atoms with Crippen molar-refractivity contribution in [1.29, 1.82) is 0 Å². The van der Waals surface area contributed by atoms with Crippen LogP contribution in [-0.4, -0.2) is 40.8 Å². The van der Waals surface area contributed by atoms with Gasteiger partial charge in [-0.3, -0.25) is 4.79 Å². The van der Waals surface area contributed by atoms with Gasteiger partial charge in [0.25, 0.3) is 0 Å². The molecule has 4 heteroatoms. The van der Waals surface area contributed by atoms with Crippen molar-refractivity contribution >= 4 is 17.5 Å². The average Bonchev–Trinajstić information content (AvgIpc) is 2.38. The van der Waals surface area contributed by atoms with Gasteiger partial charge in [-0.2, -0.15) is 11.8 Å². The quantitative estimate of drug-likeness (QED) is 0.793. The molecule has 1 aromatic carbocycles. The number of benzene rings is 1. The lowest BCUT2D eigenvalue weighted by atomic mass is 10.1. The van der Waals surface area contributed by atoms with Crippen LogP contribution in [0.5, 0.6) is 0 Å². The van der Waals surface area contributed by atoms with Gasteiger partial charge in [0.1, 0.15) is 5.82 Å². The molecule has 0 spiro atoms. The molecule has 1 aromatic rings. The zero-order valence-corrected chi connectivity index (χ0v) is 13.2. The van der Waals surface area contributed by atoms with Gasteiger partial charge in [-0.05, 0) is 18.6 Å². The van der Waals surface area contributed by atoms with Crippen molar-refractivity contribution in [3.8, 4) is 0 Å². The number of nitrogens with zero attached hydrogens (tertiary/aromatic N) is 1. The minimum absolute atomic E-state index is 0.0300. The maximum atomic E-state index is 13.5. The largest absolute Gasteiger partial charge is 0.301 e. The zero-order chi connectivity index (χ0) is 14.7. The number of hydrogen-bond acceptors (Lipinski definition) is 3. The molecule has 2 rings (SSSR count). The summed E-state index contributed by atoms with van der Waals surface area (Å²) in [6, 6.07) is 4.75. The Bertz CT molecular complexity index is 481. The van der Waals surface area contributed by atoms with Crippen LogP contribution < -0.4 is 0 Å². The van der Waals surface area contributed by atoms with Crippen LogP contribution in [-0.2, 0) is 0 Å². The van der Waals surface area contributed by atoms with Gasteiger partial charge in [-0.15, -0.1) is 0 Å². The third-order valence-electron chi connectivity index (χ3n) is 3.64. The van der Waals surface area contributed by atoms with Crippen molar-refractivity contribution in [3.63, 3.8) is 0 Å². The van der Waals surface area contributed by atoms with Crippen molar-refractivity contribution in [2.75, 3.05) is 19.6 Å². The summed E-state index contributed by atoms with van der Waals surface area (Å²) in [6.07, 6.45) is 0.465. The molecule has 20 heavy (non-hydrogen) atoms. The zero-order valence-electron chi connectivity index (χ0n) is 12.4. The third-order valence-corrected chi connectivity index (χ3v) is 4.87. The predicted molar refractivity (Wildman–Crippen MR) is 83.0 cm³/mol. The van der Waals surface area contributed by atoms with E-state index in [1.54, 1.807) is 19.1 Å². The Morgan fingerprint density at radius 2 is 2.00 bits per heavy atom.